The Morgan fingerprint density at radius 2 is 1.88 bits per heavy atom. The van der Waals surface area contributed by atoms with Gasteiger partial charge in [0.15, 0.2) is 11.6 Å². The molecular formula is C24H23F2N3O3S. The molecule has 0 atom stereocenters. The molecule has 1 amide bonds. The van der Waals surface area contributed by atoms with Crippen LogP contribution in [0.4, 0.5) is 8.78 Å². The molecule has 0 saturated heterocycles. The number of aryl methyl sites for hydroxylation is 1. The van der Waals surface area contributed by atoms with Gasteiger partial charge in [-0.3, -0.25) is 9.78 Å². The standard InChI is InChI=1S/C24H23F2N3O3S/c1-16-21(13-28-33(31,32)15-17-6-3-2-4-7-17)19-10-11-29(14-18(19)12-27-16)24(30)20-8-5-9-22(25)23(20)26/h2-9,12,28H,10-11,13-15H2,1H3. The number of benzene rings is 2. The third-order valence-electron chi connectivity index (χ3n) is 5.73. The van der Waals surface area contributed by atoms with Gasteiger partial charge in [0.05, 0.1) is 11.3 Å². The van der Waals surface area contributed by atoms with E-state index in [0.717, 1.165) is 22.8 Å². The fraction of sp³-hybridized carbons (Fsp3) is 0.250. The SMILES string of the molecule is Cc1ncc2c(c1CNS(=O)(=O)Cc1ccccc1)CCN(C(=O)c1cccc(F)c1F)C2. The topological polar surface area (TPSA) is 79.4 Å². The summed E-state index contributed by atoms with van der Waals surface area (Å²) in [5.74, 6) is -2.95. The number of halogens is 2. The normalized spacial score (nSPS) is 13.6. The number of sulfonamides is 1. The van der Waals surface area contributed by atoms with Crippen LogP contribution in [-0.4, -0.2) is 30.8 Å². The molecular weight excluding hydrogens is 448 g/mol. The van der Waals surface area contributed by atoms with Crippen LogP contribution >= 0.6 is 0 Å². The Morgan fingerprint density at radius 1 is 1.12 bits per heavy atom. The van der Waals surface area contributed by atoms with E-state index in [0.29, 0.717) is 24.2 Å². The second kappa shape index (κ2) is 9.36. The van der Waals surface area contributed by atoms with Crippen LogP contribution in [-0.2, 0) is 35.3 Å². The first-order chi connectivity index (χ1) is 15.7. The van der Waals surface area contributed by atoms with Crippen molar-refractivity contribution in [3.8, 4) is 0 Å². The van der Waals surface area contributed by atoms with Gasteiger partial charge >= 0.3 is 0 Å². The minimum absolute atomic E-state index is 0.0869. The van der Waals surface area contributed by atoms with Crippen LogP contribution in [0.3, 0.4) is 0 Å². The first kappa shape index (κ1) is 23.0. The second-order valence-electron chi connectivity index (χ2n) is 7.97. The highest BCUT2D eigenvalue weighted by atomic mass is 32.2. The molecule has 3 aromatic rings. The molecule has 4 rings (SSSR count). The summed E-state index contributed by atoms with van der Waals surface area (Å²) in [6.45, 7) is 2.38. The Morgan fingerprint density at radius 3 is 2.64 bits per heavy atom. The number of nitrogens with one attached hydrogen (secondary N) is 1. The fourth-order valence-electron chi connectivity index (χ4n) is 4.00. The summed E-state index contributed by atoms with van der Waals surface area (Å²) in [6.07, 6.45) is 2.10. The van der Waals surface area contributed by atoms with Crippen LogP contribution in [0.25, 0.3) is 0 Å². The summed E-state index contributed by atoms with van der Waals surface area (Å²) < 4.78 is 55.4. The maximum Gasteiger partial charge on any atom is 0.257 e. The van der Waals surface area contributed by atoms with Gasteiger partial charge in [-0.15, -0.1) is 0 Å². The molecule has 2 heterocycles. The molecule has 0 bridgehead atoms. The molecule has 9 heteroatoms. The number of pyridine rings is 1. The molecule has 33 heavy (non-hydrogen) atoms. The summed E-state index contributed by atoms with van der Waals surface area (Å²) >= 11 is 0. The summed E-state index contributed by atoms with van der Waals surface area (Å²) in [5.41, 5.74) is 3.53. The van der Waals surface area contributed by atoms with Crippen molar-refractivity contribution in [3.05, 3.63) is 99.9 Å². The molecule has 6 nitrogen and oxygen atoms in total. The Bertz CT molecular complexity index is 1300. The number of nitrogens with zero attached hydrogens (tertiary/aromatic N) is 2. The van der Waals surface area contributed by atoms with Gasteiger partial charge in [0, 0.05) is 31.5 Å². The second-order valence-corrected chi connectivity index (χ2v) is 9.78. The molecule has 0 spiro atoms. The predicted octanol–water partition coefficient (Wildman–Crippen LogP) is 3.49. The van der Waals surface area contributed by atoms with Gasteiger partial charge in [-0.25, -0.2) is 21.9 Å². The van der Waals surface area contributed by atoms with Crippen LogP contribution in [0.2, 0.25) is 0 Å². The van der Waals surface area contributed by atoms with Crippen molar-refractivity contribution in [2.75, 3.05) is 6.54 Å². The van der Waals surface area contributed by atoms with Crippen molar-refractivity contribution in [2.45, 2.75) is 32.2 Å². The number of aromatic nitrogens is 1. The first-order valence-electron chi connectivity index (χ1n) is 10.5. The Hall–Kier alpha value is -3.17. The van der Waals surface area contributed by atoms with E-state index in [2.05, 4.69) is 9.71 Å². The van der Waals surface area contributed by atoms with E-state index in [1.165, 1.54) is 17.0 Å². The molecule has 1 aliphatic heterocycles. The van der Waals surface area contributed by atoms with Gasteiger partial charge in [-0.1, -0.05) is 36.4 Å². The highest BCUT2D eigenvalue weighted by molar-refractivity contribution is 7.88. The Labute approximate surface area is 191 Å². The molecule has 172 valence electrons. The average molecular weight is 472 g/mol. The zero-order valence-corrected chi connectivity index (χ0v) is 18.8. The average Bonchev–Trinajstić information content (AvgIpc) is 2.80. The molecule has 0 aliphatic carbocycles. The van der Waals surface area contributed by atoms with Gasteiger partial charge < -0.3 is 4.90 Å². The van der Waals surface area contributed by atoms with E-state index in [1.807, 2.05) is 6.07 Å². The summed E-state index contributed by atoms with van der Waals surface area (Å²) in [4.78, 5) is 18.6. The lowest BCUT2D eigenvalue weighted by atomic mass is 9.94. The van der Waals surface area contributed by atoms with Crippen molar-refractivity contribution in [1.29, 1.82) is 0 Å². The quantitative estimate of drug-likeness (QED) is 0.597. The van der Waals surface area contributed by atoms with Crippen LogP contribution < -0.4 is 4.72 Å². The molecule has 0 unspecified atom stereocenters. The third-order valence-corrected chi connectivity index (χ3v) is 7.03. The van der Waals surface area contributed by atoms with E-state index in [4.69, 9.17) is 0 Å². The summed E-state index contributed by atoms with van der Waals surface area (Å²) in [5, 5.41) is 0. The van der Waals surface area contributed by atoms with Gasteiger partial charge in [0.2, 0.25) is 10.0 Å². The number of rotatable bonds is 6. The first-order valence-corrected chi connectivity index (χ1v) is 12.1. The zero-order chi connectivity index (χ0) is 23.6. The number of carbonyl (C=O) groups is 1. The monoisotopic (exact) mass is 471 g/mol. The minimum Gasteiger partial charge on any atom is -0.334 e. The molecule has 1 aromatic heterocycles. The molecule has 1 aliphatic rings. The van der Waals surface area contributed by atoms with Gasteiger partial charge in [0.1, 0.15) is 0 Å². The third kappa shape index (κ3) is 5.09. The number of hydrogen-bond acceptors (Lipinski definition) is 4. The van der Waals surface area contributed by atoms with Crippen LogP contribution in [0, 0.1) is 18.6 Å². The van der Waals surface area contributed by atoms with Crippen molar-refractivity contribution in [1.82, 2.24) is 14.6 Å². The molecule has 1 N–H and O–H groups in total. The fourth-order valence-corrected chi connectivity index (χ4v) is 5.09. The maximum atomic E-state index is 14.1. The summed E-state index contributed by atoms with van der Waals surface area (Å²) in [6, 6.07) is 12.4. The van der Waals surface area contributed by atoms with Crippen LogP contribution in [0.1, 0.15) is 38.3 Å². The van der Waals surface area contributed by atoms with Gasteiger partial charge in [0.25, 0.3) is 5.91 Å². The number of fused-ring (bicyclic) bond motifs is 1. The van der Waals surface area contributed by atoms with Crippen molar-refractivity contribution in [2.24, 2.45) is 0 Å². The smallest absolute Gasteiger partial charge is 0.257 e. The molecule has 0 radical (unpaired) electrons. The van der Waals surface area contributed by atoms with E-state index in [-0.39, 0.29) is 24.4 Å². The number of hydrogen-bond donors (Lipinski definition) is 1. The minimum atomic E-state index is -3.56. The lowest BCUT2D eigenvalue weighted by Crippen LogP contribution is -2.37. The van der Waals surface area contributed by atoms with E-state index < -0.39 is 27.6 Å². The van der Waals surface area contributed by atoms with Gasteiger partial charge in [-0.2, -0.15) is 0 Å². The highest BCUT2D eigenvalue weighted by Crippen LogP contribution is 2.26. The largest absolute Gasteiger partial charge is 0.334 e. The molecule has 0 fully saturated rings. The van der Waals surface area contributed by atoms with E-state index in [1.54, 1.807) is 37.4 Å². The van der Waals surface area contributed by atoms with E-state index in [9.17, 15) is 22.0 Å². The number of carbonyl (C=O) groups excluding carboxylic acids is 1. The predicted molar refractivity (Wildman–Crippen MR) is 120 cm³/mol. The van der Waals surface area contributed by atoms with E-state index >= 15 is 0 Å². The zero-order valence-electron chi connectivity index (χ0n) is 18.0. The summed E-state index contributed by atoms with van der Waals surface area (Å²) in [7, 11) is -3.56. The Balaban J connectivity index is 1.51. The molecule has 2 aromatic carbocycles. The van der Waals surface area contributed by atoms with Crippen molar-refractivity contribution in [3.63, 3.8) is 0 Å². The van der Waals surface area contributed by atoms with Crippen LogP contribution in [0.15, 0.2) is 54.7 Å². The lowest BCUT2D eigenvalue weighted by molar-refractivity contribution is 0.0728. The van der Waals surface area contributed by atoms with Crippen molar-refractivity contribution >= 4 is 15.9 Å². The maximum absolute atomic E-state index is 14.1. The van der Waals surface area contributed by atoms with Gasteiger partial charge in [-0.05, 0) is 47.7 Å². The lowest BCUT2D eigenvalue weighted by Gasteiger charge is -2.30. The molecule has 0 saturated carbocycles. The van der Waals surface area contributed by atoms with Crippen LogP contribution in [0.5, 0.6) is 0 Å². The number of amides is 1. The Kier molecular flexibility index (Phi) is 6.53. The van der Waals surface area contributed by atoms with Crippen molar-refractivity contribution < 1.29 is 22.0 Å². The highest BCUT2D eigenvalue weighted by Gasteiger charge is 2.27.